The lowest BCUT2D eigenvalue weighted by Gasteiger charge is -2.52. The molecule has 298 valence electrons. The van der Waals surface area contributed by atoms with E-state index in [9.17, 15) is 19.8 Å². The zero-order chi connectivity index (χ0) is 38.7. The summed E-state index contributed by atoms with van der Waals surface area (Å²) < 4.78 is 24.1. The highest BCUT2D eigenvalue weighted by Crippen LogP contribution is 2.56. The van der Waals surface area contributed by atoms with Gasteiger partial charge in [-0.05, 0) is 93.4 Å². The number of amides is 2. The van der Waals surface area contributed by atoms with Crippen LogP contribution in [0.5, 0.6) is 0 Å². The molecule has 6 fully saturated rings. The van der Waals surface area contributed by atoms with Crippen LogP contribution in [-0.2, 0) is 23.7 Å². The molecule has 1 aromatic rings. The molecule has 1 unspecified atom stereocenters. The average molecular weight is 752 g/mol. The number of Topliss-reactive ketones (excluding diaryl/α,β-unsaturated/α-hetero) is 1. The van der Waals surface area contributed by atoms with Gasteiger partial charge in [0.25, 0.3) is 0 Å². The van der Waals surface area contributed by atoms with Gasteiger partial charge >= 0.3 is 12.2 Å². The Balaban J connectivity index is 1.20. The van der Waals surface area contributed by atoms with E-state index in [1.54, 1.807) is 4.90 Å². The number of hydrogen-bond acceptors (Lipinski definition) is 12. The van der Waals surface area contributed by atoms with Crippen molar-refractivity contribution in [1.29, 1.82) is 5.41 Å². The van der Waals surface area contributed by atoms with Crippen molar-refractivity contribution in [2.75, 3.05) is 62.3 Å². The number of hydrogen-bond donors (Lipinski definition) is 1. The number of rotatable bonds is 4. The lowest BCUT2D eigenvalue weighted by molar-refractivity contribution is -0.255. The van der Waals surface area contributed by atoms with Crippen molar-refractivity contribution in [3.8, 4) is 0 Å². The van der Waals surface area contributed by atoms with Crippen molar-refractivity contribution in [2.45, 2.75) is 141 Å². The molecule has 14 nitrogen and oxygen atoms in total. The van der Waals surface area contributed by atoms with E-state index in [4.69, 9.17) is 28.9 Å². The van der Waals surface area contributed by atoms with Gasteiger partial charge in [-0.15, -0.1) is 0 Å². The van der Waals surface area contributed by atoms with Crippen LogP contribution in [0.1, 0.15) is 118 Å². The molecule has 4 heterocycles. The number of nitrogens with one attached hydrogen (secondary N) is 1. The van der Waals surface area contributed by atoms with Crippen LogP contribution in [-0.4, -0.2) is 125 Å². The van der Waals surface area contributed by atoms with E-state index in [2.05, 4.69) is 16.7 Å². The molecule has 6 aliphatic rings. The molecule has 3 saturated heterocycles. The van der Waals surface area contributed by atoms with E-state index in [-0.39, 0.29) is 35.3 Å². The van der Waals surface area contributed by atoms with Crippen molar-refractivity contribution in [3.05, 3.63) is 11.8 Å². The Hall–Kier alpha value is -3.52. The molecule has 1 aromatic heterocycles. The van der Waals surface area contributed by atoms with Crippen LogP contribution in [0.15, 0.2) is 6.07 Å². The molecule has 0 bridgehead atoms. The van der Waals surface area contributed by atoms with Crippen molar-refractivity contribution >= 4 is 35.4 Å². The minimum atomic E-state index is -0.906. The number of carbonyl (C=O) groups is 3. The fourth-order valence-corrected chi connectivity index (χ4v) is 9.51. The Labute approximate surface area is 320 Å². The zero-order valence-corrected chi connectivity index (χ0v) is 33.5. The van der Waals surface area contributed by atoms with Crippen LogP contribution >= 0.6 is 0 Å². The first-order valence-corrected chi connectivity index (χ1v) is 20.3. The van der Waals surface area contributed by atoms with Crippen molar-refractivity contribution in [2.24, 2.45) is 11.3 Å². The summed E-state index contributed by atoms with van der Waals surface area (Å²) in [5.74, 6) is -0.358. The van der Waals surface area contributed by atoms with Gasteiger partial charge in [0, 0.05) is 57.8 Å². The van der Waals surface area contributed by atoms with E-state index in [0.29, 0.717) is 102 Å². The maximum absolute atomic E-state index is 14.8. The third-order valence-electron chi connectivity index (χ3n) is 12.2. The van der Waals surface area contributed by atoms with Crippen LogP contribution in [0.4, 0.5) is 21.4 Å². The monoisotopic (exact) mass is 751 g/mol. The molecular formula is C40H61N7O7. The van der Waals surface area contributed by atoms with Gasteiger partial charge < -0.3 is 39.1 Å². The molecule has 0 aromatic carbocycles. The molecule has 0 radical (unpaired) electrons. The third kappa shape index (κ3) is 7.41. The Bertz CT molecular complexity index is 1620. The Kier molecular flexibility index (Phi) is 10.2. The molecule has 3 saturated carbocycles. The van der Waals surface area contributed by atoms with Crippen LogP contribution in [0.3, 0.4) is 0 Å². The van der Waals surface area contributed by atoms with Gasteiger partial charge in [-0.25, -0.2) is 14.6 Å². The van der Waals surface area contributed by atoms with E-state index >= 15 is 0 Å². The summed E-state index contributed by atoms with van der Waals surface area (Å²) in [6, 6.07) is 1.73. The summed E-state index contributed by atoms with van der Waals surface area (Å²) in [5.41, 5.74) is -1.67. The lowest BCUT2D eigenvalue weighted by atomic mass is 9.57. The van der Waals surface area contributed by atoms with Gasteiger partial charge in [0.05, 0.1) is 41.5 Å². The van der Waals surface area contributed by atoms with E-state index in [0.717, 1.165) is 32.1 Å². The first-order chi connectivity index (χ1) is 25.4. The molecule has 14 heteroatoms. The number of ketones is 1. The van der Waals surface area contributed by atoms with Gasteiger partial charge in [-0.2, -0.15) is 4.98 Å². The molecule has 7 rings (SSSR count). The predicted molar refractivity (Wildman–Crippen MR) is 203 cm³/mol. The largest absolute Gasteiger partial charge is 0.444 e. The lowest BCUT2D eigenvalue weighted by Crippen LogP contribution is -2.60. The molecule has 3 aliphatic carbocycles. The third-order valence-corrected chi connectivity index (χ3v) is 12.2. The number of ether oxygens (including phenoxy) is 4. The first-order valence-electron chi connectivity index (χ1n) is 20.3. The standard InChI is InChI=1S/C40H61N7O7/c1-27-25-44(34(49)53-36(2,3)4)18-11-19-46(27)33-42-29(24-30(43-33)45-20-21-47(38(26-45)16-17-38)35(50)54-37(5,6)7)31(41)28-12-10-14-39(32(28)48)13-8-9-15-40(39)51-22-23-52-40/h24,27-28,41H,8-23,25-26H2,1-7H3/t27-,28?,39-/m0/s1. The number of piperazine rings is 1. The maximum atomic E-state index is 14.8. The number of fused-ring (bicyclic) bond motifs is 1. The molecular weight excluding hydrogens is 690 g/mol. The average Bonchev–Trinajstić information content (AvgIpc) is 3.75. The second kappa shape index (κ2) is 14.2. The Morgan fingerprint density at radius 3 is 2.20 bits per heavy atom. The topological polar surface area (TPSA) is 151 Å². The molecule has 3 atom stereocenters. The van der Waals surface area contributed by atoms with Gasteiger partial charge in [0.15, 0.2) is 11.6 Å². The smallest absolute Gasteiger partial charge is 0.410 e. The highest BCUT2D eigenvalue weighted by molar-refractivity contribution is 6.13. The normalized spacial score (nSPS) is 28.4. The minimum absolute atomic E-state index is 0.0427. The molecule has 3 aliphatic heterocycles. The second-order valence-electron chi connectivity index (χ2n) is 18.5. The number of aromatic nitrogens is 2. The highest BCUT2D eigenvalue weighted by atomic mass is 16.7. The molecule has 3 spiro atoms. The van der Waals surface area contributed by atoms with Crippen molar-refractivity contribution in [1.82, 2.24) is 19.8 Å². The van der Waals surface area contributed by atoms with Gasteiger partial charge in [0.2, 0.25) is 5.95 Å². The van der Waals surface area contributed by atoms with Crippen LogP contribution in [0, 0.1) is 16.7 Å². The zero-order valence-electron chi connectivity index (χ0n) is 33.5. The molecule has 2 amide bonds. The SMILES string of the molecule is C[C@H]1CN(C(=O)OC(C)(C)C)CCCN1c1nc(C(=N)C2CCC[C@@]3(CCCCC34OCCO4)C2=O)cc(N2CCN(C(=O)OC(C)(C)C)C3(CC3)C2)n1. The summed E-state index contributed by atoms with van der Waals surface area (Å²) in [4.78, 5) is 59.4. The van der Waals surface area contributed by atoms with Crippen LogP contribution in [0.2, 0.25) is 0 Å². The maximum Gasteiger partial charge on any atom is 0.410 e. The quantitative estimate of drug-likeness (QED) is 0.364. The second-order valence-corrected chi connectivity index (χ2v) is 18.5. The predicted octanol–water partition coefficient (Wildman–Crippen LogP) is 5.94. The number of carbonyl (C=O) groups excluding carboxylic acids is 3. The van der Waals surface area contributed by atoms with E-state index in [1.807, 2.05) is 52.5 Å². The van der Waals surface area contributed by atoms with E-state index < -0.39 is 28.3 Å². The van der Waals surface area contributed by atoms with Gasteiger partial charge in [-0.3, -0.25) is 9.69 Å². The van der Waals surface area contributed by atoms with Crippen LogP contribution < -0.4 is 9.80 Å². The molecule has 1 N–H and O–H groups in total. The Morgan fingerprint density at radius 2 is 1.52 bits per heavy atom. The fraction of sp³-hybridized carbons (Fsp3) is 0.800. The summed E-state index contributed by atoms with van der Waals surface area (Å²) in [6.07, 6.45) is 7.19. The Morgan fingerprint density at radius 1 is 0.852 bits per heavy atom. The number of anilines is 2. The van der Waals surface area contributed by atoms with Crippen LogP contribution in [0.25, 0.3) is 0 Å². The van der Waals surface area contributed by atoms with Crippen molar-refractivity contribution in [3.63, 3.8) is 0 Å². The highest BCUT2D eigenvalue weighted by Gasteiger charge is 2.63. The van der Waals surface area contributed by atoms with E-state index in [1.165, 1.54) is 0 Å². The fourth-order valence-electron chi connectivity index (χ4n) is 9.51. The summed E-state index contributed by atoms with van der Waals surface area (Å²) in [7, 11) is 0. The van der Waals surface area contributed by atoms with Gasteiger partial charge in [-0.1, -0.05) is 12.8 Å². The summed E-state index contributed by atoms with van der Waals surface area (Å²) in [5, 5.41) is 9.70. The van der Waals surface area contributed by atoms with Crippen molar-refractivity contribution < 1.29 is 33.3 Å². The first kappa shape index (κ1) is 38.7. The number of nitrogens with zero attached hydrogens (tertiary/aromatic N) is 6. The summed E-state index contributed by atoms with van der Waals surface area (Å²) >= 11 is 0. The van der Waals surface area contributed by atoms with Gasteiger partial charge in [0.1, 0.15) is 17.0 Å². The minimum Gasteiger partial charge on any atom is -0.444 e. The molecule has 54 heavy (non-hydrogen) atoms. The summed E-state index contributed by atoms with van der Waals surface area (Å²) in [6.45, 7) is 17.5.